The Balaban J connectivity index is 2.36. The summed E-state index contributed by atoms with van der Waals surface area (Å²) < 4.78 is 38.5. The Bertz CT molecular complexity index is 1050. The van der Waals surface area contributed by atoms with Crippen LogP contribution in [0, 0.1) is 0 Å². The monoisotopic (exact) mass is 432 g/mol. The van der Waals surface area contributed by atoms with Gasteiger partial charge >= 0.3 is 0 Å². The highest BCUT2D eigenvalue weighted by molar-refractivity contribution is 7.89. The van der Waals surface area contributed by atoms with Gasteiger partial charge in [-0.05, 0) is 58.0 Å². The number of nitrogens with one attached hydrogen (secondary N) is 2. The maximum Gasteiger partial charge on any atom is 0.255 e. The molecule has 0 aromatic heterocycles. The van der Waals surface area contributed by atoms with Crippen molar-refractivity contribution in [3.63, 3.8) is 0 Å². The van der Waals surface area contributed by atoms with E-state index in [4.69, 9.17) is 9.47 Å². The first-order valence-corrected chi connectivity index (χ1v) is 10.8. The molecule has 0 spiro atoms. The summed E-state index contributed by atoms with van der Waals surface area (Å²) in [6.45, 7) is 7.14. The molecular weight excluding hydrogens is 404 g/mol. The van der Waals surface area contributed by atoms with E-state index in [1.165, 1.54) is 26.4 Å². The predicted molar refractivity (Wildman–Crippen MR) is 119 cm³/mol. The average Bonchev–Trinajstić information content (AvgIpc) is 2.66. The first-order valence-electron chi connectivity index (χ1n) is 9.35. The standard InChI is InChI=1S/C22H28N2O5S/c1-7-9-15-12-16(13-19(28-5)20(15)29-6)21(25)23-17-10-8-11-18(14-17)30(26,27)24-22(2,3)4/h7-14,24H,1-6H3,(H,23,25). The number of methoxy groups -OCH3 is 2. The van der Waals surface area contributed by atoms with Crippen LogP contribution in [0.5, 0.6) is 11.5 Å². The Hall–Kier alpha value is -2.84. The Morgan fingerprint density at radius 3 is 2.33 bits per heavy atom. The molecule has 2 aromatic rings. The highest BCUT2D eigenvalue weighted by atomic mass is 32.2. The third-order valence-corrected chi connectivity index (χ3v) is 5.71. The van der Waals surface area contributed by atoms with Crippen LogP contribution in [0.3, 0.4) is 0 Å². The molecule has 0 fully saturated rings. The van der Waals surface area contributed by atoms with Gasteiger partial charge in [0.2, 0.25) is 10.0 Å². The van der Waals surface area contributed by atoms with Crippen molar-refractivity contribution in [3.8, 4) is 11.5 Å². The zero-order valence-electron chi connectivity index (χ0n) is 18.1. The van der Waals surface area contributed by atoms with E-state index in [-0.39, 0.29) is 4.90 Å². The summed E-state index contributed by atoms with van der Waals surface area (Å²) in [5.41, 5.74) is 0.775. The zero-order chi connectivity index (χ0) is 22.5. The lowest BCUT2D eigenvalue weighted by molar-refractivity contribution is 0.102. The van der Waals surface area contributed by atoms with E-state index < -0.39 is 21.5 Å². The molecule has 2 rings (SSSR count). The Morgan fingerprint density at radius 1 is 1.07 bits per heavy atom. The average molecular weight is 433 g/mol. The van der Waals surface area contributed by atoms with Crippen LogP contribution in [0.25, 0.3) is 6.08 Å². The molecule has 8 heteroatoms. The van der Waals surface area contributed by atoms with Crippen LogP contribution in [0.2, 0.25) is 0 Å². The van der Waals surface area contributed by atoms with Crippen LogP contribution in [-0.4, -0.2) is 34.1 Å². The molecule has 0 saturated carbocycles. The van der Waals surface area contributed by atoms with Crippen molar-refractivity contribution in [2.45, 2.75) is 38.1 Å². The van der Waals surface area contributed by atoms with Gasteiger partial charge in [0, 0.05) is 22.4 Å². The van der Waals surface area contributed by atoms with Crippen molar-refractivity contribution in [1.29, 1.82) is 0 Å². The van der Waals surface area contributed by atoms with Gasteiger partial charge in [0.25, 0.3) is 5.91 Å². The van der Waals surface area contributed by atoms with E-state index in [0.717, 1.165) is 0 Å². The Kier molecular flexibility index (Phi) is 7.28. The highest BCUT2D eigenvalue weighted by Crippen LogP contribution is 2.34. The lowest BCUT2D eigenvalue weighted by Gasteiger charge is -2.20. The van der Waals surface area contributed by atoms with Gasteiger partial charge in [-0.3, -0.25) is 4.79 Å². The van der Waals surface area contributed by atoms with Crippen LogP contribution in [0.4, 0.5) is 5.69 Å². The van der Waals surface area contributed by atoms with Crippen molar-refractivity contribution in [2.24, 2.45) is 0 Å². The fraction of sp³-hybridized carbons (Fsp3) is 0.318. The zero-order valence-corrected chi connectivity index (χ0v) is 18.9. The molecule has 2 aromatic carbocycles. The maximum atomic E-state index is 12.8. The Morgan fingerprint density at radius 2 is 1.77 bits per heavy atom. The molecule has 0 aliphatic heterocycles. The van der Waals surface area contributed by atoms with Gasteiger partial charge in [0.1, 0.15) is 0 Å². The van der Waals surface area contributed by atoms with E-state index >= 15 is 0 Å². The smallest absolute Gasteiger partial charge is 0.255 e. The first kappa shape index (κ1) is 23.4. The molecule has 0 radical (unpaired) electrons. The highest BCUT2D eigenvalue weighted by Gasteiger charge is 2.22. The van der Waals surface area contributed by atoms with Gasteiger partial charge in [-0.1, -0.05) is 18.2 Å². The number of ether oxygens (including phenoxy) is 2. The lowest BCUT2D eigenvalue weighted by atomic mass is 10.1. The first-order chi connectivity index (χ1) is 14.0. The van der Waals surface area contributed by atoms with Gasteiger partial charge < -0.3 is 14.8 Å². The third kappa shape index (κ3) is 5.84. The van der Waals surface area contributed by atoms with E-state index in [0.29, 0.717) is 28.3 Å². The number of amides is 1. The SMILES string of the molecule is CC=Cc1cc(C(=O)Nc2cccc(S(=O)(=O)NC(C)(C)C)c2)cc(OC)c1OC. The number of rotatable bonds is 7. The number of anilines is 1. The number of carbonyl (C=O) groups is 1. The van der Waals surface area contributed by atoms with Crippen LogP contribution >= 0.6 is 0 Å². The molecule has 0 saturated heterocycles. The normalized spacial score (nSPS) is 12.1. The maximum absolute atomic E-state index is 12.8. The summed E-state index contributed by atoms with van der Waals surface area (Å²) in [5.74, 6) is 0.539. The molecule has 0 unspecified atom stereocenters. The number of sulfonamides is 1. The molecule has 0 aliphatic rings. The van der Waals surface area contributed by atoms with Gasteiger partial charge in [0.15, 0.2) is 11.5 Å². The molecular formula is C22H28N2O5S. The van der Waals surface area contributed by atoms with Gasteiger partial charge in [-0.25, -0.2) is 13.1 Å². The second-order valence-electron chi connectivity index (χ2n) is 7.64. The number of hydrogen-bond donors (Lipinski definition) is 2. The van der Waals surface area contributed by atoms with E-state index in [9.17, 15) is 13.2 Å². The molecule has 0 heterocycles. The number of carbonyl (C=O) groups excluding carboxylic acids is 1. The molecule has 0 aliphatic carbocycles. The van der Waals surface area contributed by atoms with Crippen molar-refractivity contribution < 1.29 is 22.7 Å². The van der Waals surface area contributed by atoms with Crippen LogP contribution in [-0.2, 0) is 10.0 Å². The summed E-state index contributed by atoms with van der Waals surface area (Å²) in [4.78, 5) is 12.9. The number of allylic oxidation sites excluding steroid dienone is 1. The largest absolute Gasteiger partial charge is 0.493 e. The van der Waals surface area contributed by atoms with E-state index in [1.54, 1.807) is 45.0 Å². The third-order valence-electron chi connectivity index (χ3n) is 3.96. The van der Waals surface area contributed by atoms with Crippen molar-refractivity contribution in [2.75, 3.05) is 19.5 Å². The molecule has 7 nitrogen and oxygen atoms in total. The van der Waals surface area contributed by atoms with Crippen LogP contribution in [0.1, 0.15) is 43.6 Å². The summed E-state index contributed by atoms with van der Waals surface area (Å²) in [5, 5.41) is 2.74. The van der Waals surface area contributed by atoms with Crippen molar-refractivity contribution >= 4 is 27.7 Å². The molecule has 30 heavy (non-hydrogen) atoms. The summed E-state index contributed by atoms with van der Waals surface area (Å²) in [6, 6.07) is 9.35. The topological polar surface area (TPSA) is 93.7 Å². The van der Waals surface area contributed by atoms with Crippen molar-refractivity contribution in [1.82, 2.24) is 4.72 Å². The van der Waals surface area contributed by atoms with Gasteiger partial charge in [-0.2, -0.15) is 0 Å². The minimum absolute atomic E-state index is 0.0668. The minimum Gasteiger partial charge on any atom is -0.493 e. The summed E-state index contributed by atoms with van der Waals surface area (Å²) >= 11 is 0. The van der Waals surface area contributed by atoms with Crippen molar-refractivity contribution in [3.05, 3.63) is 53.6 Å². The van der Waals surface area contributed by atoms with E-state index in [2.05, 4.69) is 10.0 Å². The quantitative estimate of drug-likeness (QED) is 0.688. The van der Waals surface area contributed by atoms with Crippen LogP contribution < -0.4 is 19.5 Å². The van der Waals surface area contributed by atoms with E-state index in [1.807, 2.05) is 19.1 Å². The lowest BCUT2D eigenvalue weighted by Crippen LogP contribution is -2.40. The summed E-state index contributed by atoms with van der Waals surface area (Å²) in [6.07, 6.45) is 3.64. The number of benzene rings is 2. The molecule has 0 atom stereocenters. The molecule has 162 valence electrons. The van der Waals surface area contributed by atoms with Gasteiger partial charge in [0.05, 0.1) is 19.1 Å². The van der Waals surface area contributed by atoms with Crippen LogP contribution in [0.15, 0.2) is 47.4 Å². The predicted octanol–water partition coefficient (Wildman–Crippen LogP) is 4.07. The molecule has 1 amide bonds. The Labute approximate surface area is 178 Å². The fourth-order valence-corrected chi connectivity index (χ4v) is 4.30. The fourth-order valence-electron chi connectivity index (χ4n) is 2.83. The second-order valence-corrected chi connectivity index (χ2v) is 9.32. The number of hydrogen-bond acceptors (Lipinski definition) is 5. The molecule has 0 bridgehead atoms. The minimum atomic E-state index is -3.72. The van der Waals surface area contributed by atoms with Gasteiger partial charge in [-0.15, -0.1) is 0 Å². The summed E-state index contributed by atoms with van der Waals surface area (Å²) in [7, 11) is -0.696. The molecule has 2 N–H and O–H groups in total. The second kappa shape index (κ2) is 9.32.